The third-order valence-corrected chi connectivity index (χ3v) is 2.78. The van der Waals surface area contributed by atoms with Crippen LogP contribution < -0.4 is 10.5 Å². The molecule has 6 heteroatoms. The number of benzene rings is 1. The van der Waals surface area contributed by atoms with E-state index in [2.05, 4.69) is 10.3 Å². The van der Waals surface area contributed by atoms with Gasteiger partial charge < -0.3 is 10.5 Å². The Kier molecular flexibility index (Phi) is 3.50. The summed E-state index contributed by atoms with van der Waals surface area (Å²) in [4.78, 5) is 11.4. The van der Waals surface area contributed by atoms with Crippen molar-refractivity contribution in [1.29, 1.82) is 0 Å². The number of hydrogen-bond donors (Lipinski definition) is 1. The van der Waals surface area contributed by atoms with Gasteiger partial charge >= 0.3 is 0 Å². The molecule has 2 aromatic rings. The number of aromatic nitrogens is 3. The Bertz CT molecular complexity index is 587. The maximum Gasteiger partial charge on any atom is 0.271 e. The minimum Gasteiger partial charge on any atom is -0.497 e. The maximum absolute atomic E-state index is 11.4. The quantitative estimate of drug-likeness (QED) is 0.905. The van der Waals surface area contributed by atoms with Gasteiger partial charge in [0, 0.05) is 11.6 Å². The molecule has 0 aliphatic rings. The number of methoxy groups -OCH3 is 1. The lowest BCUT2D eigenvalue weighted by Gasteiger charge is -2.10. The monoisotopic (exact) mass is 260 g/mol. The van der Waals surface area contributed by atoms with E-state index >= 15 is 0 Å². The van der Waals surface area contributed by atoms with E-state index in [0.29, 0.717) is 5.69 Å². The average molecular weight is 260 g/mol. The molecule has 0 aliphatic heterocycles. The van der Waals surface area contributed by atoms with Crippen molar-refractivity contribution in [1.82, 2.24) is 15.0 Å². The predicted molar refractivity (Wildman–Crippen MR) is 70.9 cm³/mol. The first-order valence-corrected chi connectivity index (χ1v) is 5.94. The second kappa shape index (κ2) is 5.09. The Morgan fingerprint density at radius 1 is 1.32 bits per heavy atom. The Balaban J connectivity index is 2.57. The third kappa shape index (κ3) is 2.42. The van der Waals surface area contributed by atoms with Crippen LogP contribution in [0.15, 0.2) is 24.3 Å². The molecule has 0 atom stereocenters. The van der Waals surface area contributed by atoms with Gasteiger partial charge in [-0.15, -0.1) is 5.10 Å². The van der Waals surface area contributed by atoms with Crippen LogP contribution in [0.25, 0.3) is 11.3 Å². The summed E-state index contributed by atoms with van der Waals surface area (Å²) in [5.74, 6) is 0.158. The highest BCUT2D eigenvalue weighted by molar-refractivity contribution is 5.96. The Labute approximate surface area is 111 Å². The Morgan fingerprint density at radius 2 is 1.95 bits per heavy atom. The molecule has 19 heavy (non-hydrogen) atoms. The number of carbonyl (C=O) groups excluding carboxylic acids is 1. The van der Waals surface area contributed by atoms with Gasteiger partial charge in [0.15, 0.2) is 5.69 Å². The van der Waals surface area contributed by atoms with Crippen molar-refractivity contribution < 1.29 is 9.53 Å². The molecule has 0 saturated heterocycles. The van der Waals surface area contributed by atoms with E-state index in [1.165, 1.54) is 0 Å². The van der Waals surface area contributed by atoms with Crippen LogP contribution in [0.3, 0.4) is 0 Å². The molecule has 2 rings (SSSR count). The number of nitrogens with two attached hydrogens (primary N) is 1. The van der Waals surface area contributed by atoms with Crippen molar-refractivity contribution in [2.75, 3.05) is 7.11 Å². The number of amides is 1. The van der Waals surface area contributed by atoms with Crippen LogP contribution in [-0.4, -0.2) is 28.0 Å². The molecule has 100 valence electrons. The fourth-order valence-corrected chi connectivity index (χ4v) is 1.84. The molecule has 0 saturated carbocycles. The number of rotatable bonds is 4. The Morgan fingerprint density at radius 3 is 2.42 bits per heavy atom. The standard InChI is InChI=1S/C13H16N4O2/c1-8(2)17-12(11(13(14)18)15-16-17)9-4-6-10(19-3)7-5-9/h4-8H,1-3H3,(H2,14,18). The average Bonchev–Trinajstić information content (AvgIpc) is 2.83. The van der Waals surface area contributed by atoms with Crippen molar-refractivity contribution in [3.05, 3.63) is 30.0 Å². The van der Waals surface area contributed by atoms with E-state index < -0.39 is 5.91 Å². The second-order valence-corrected chi connectivity index (χ2v) is 4.42. The number of carbonyl (C=O) groups is 1. The Hall–Kier alpha value is -2.37. The van der Waals surface area contributed by atoms with Gasteiger partial charge in [-0.05, 0) is 38.1 Å². The summed E-state index contributed by atoms with van der Waals surface area (Å²) in [5.41, 5.74) is 6.98. The number of ether oxygens (including phenoxy) is 1. The fourth-order valence-electron chi connectivity index (χ4n) is 1.84. The SMILES string of the molecule is COc1ccc(-c2c(C(N)=O)nnn2C(C)C)cc1. The molecule has 1 heterocycles. The van der Waals surface area contributed by atoms with E-state index in [4.69, 9.17) is 10.5 Å². The topological polar surface area (TPSA) is 83.0 Å². The van der Waals surface area contributed by atoms with Crippen LogP contribution in [0, 0.1) is 0 Å². The van der Waals surface area contributed by atoms with E-state index in [9.17, 15) is 4.79 Å². The van der Waals surface area contributed by atoms with Gasteiger partial charge in [-0.3, -0.25) is 4.79 Å². The number of primary amides is 1. The highest BCUT2D eigenvalue weighted by Crippen LogP contribution is 2.26. The van der Waals surface area contributed by atoms with Crippen molar-refractivity contribution in [2.24, 2.45) is 5.73 Å². The zero-order valence-electron chi connectivity index (χ0n) is 11.1. The predicted octanol–water partition coefficient (Wildman–Crippen LogP) is 1.63. The van der Waals surface area contributed by atoms with Crippen LogP contribution in [-0.2, 0) is 0 Å². The van der Waals surface area contributed by atoms with E-state index in [1.54, 1.807) is 11.8 Å². The summed E-state index contributed by atoms with van der Waals surface area (Å²) in [6, 6.07) is 7.42. The zero-order valence-corrected chi connectivity index (χ0v) is 11.1. The highest BCUT2D eigenvalue weighted by Gasteiger charge is 2.20. The molecular formula is C13H16N4O2. The molecule has 0 aliphatic carbocycles. The van der Waals surface area contributed by atoms with Gasteiger partial charge in [0.05, 0.1) is 7.11 Å². The first kappa shape index (κ1) is 13.1. The van der Waals surface area contributed by atoms with Crippen LogP contribution >= 0.6 is 0 Å². The van der Waals surface area contributed by atoms with Crippen molar-refractivity contribution >= 4 is 5.91 Å². The summed E-state index contributed by atoms with van der Waals surface area (Å²) in [7, 11) is 1.60. The van der Waals surface area contributed by atoms with Crippen molar-refractivity contribution in [3.8, 4) is 17.0 Å². The maximum atomic E-state index is 11.4. The minimum atomic E-state index is -0.585. The number of hydrogen-bond acceptors (Lipinski definition) is 4. The van der Waals surface area contributed by atoms with Gasteiger partial charge in [-0.25, -0.2) is 4.68 Å². The smallest absolute Gasteiger partial charge is 0.271 e. The van der Waals surface area contributed by atoms with Crippen LogP contribution in [0.5, 0.6) is 5.75 Å². The first-order valence-electron chi connectivity index (χ1n) is 5.94. The summed E-state index contributed by atoms with van der Waals surface area (Å²) in [5, 5.41) is 7.85. The van der Waals surface area contributed by atoms with Crippen LogP contribution in [0.2, 0.25) is 0 Å². The normalized spacial score (nSPS) is 10.7. The molecule has 0 radical (unpaired) electrons. The number of nitrogens with zero attached hydrogens (tertiary/aromatic N) is 3. The first-order chi connectivity index (χ1) is 9.04. The lowest BCUT2D eigenvalue weighted by Crippen LogP contribution is -2.14. The molecule has 6 nitrogen and oxygen atoms in total. The van der Waals surface area contributed by atoms with Gasteiger partial charge in [0.2, 0.25) is 0 Å². The highest BCUT2D eigenvalue weighted by atomic mass is 16.5. The van der Waals surface area contributed by atoms with Crippen LogP contribution in [0.1, 0.15) is 30.4 Å². The molecule has 1 aromatic heterocycles. The van der Waals surface area contributed by atoms with Crippen molar-refractivity contribution in [3.63, 3.8) is 0 Å². The molecule has 0 bridgehead atoms. The van der Waals surface area contributed by atoms with E-state index in [0.717, 1.165) is 11.3 Å². The molecule has 1 amide bonds. The second-order valence-electron chi connectivity index (χ2n) is 4.42. The summed E-state index contributed by atoms with van der Waals surface area (Å²) < 4.78 is 6.79. The summed E-state index contributed by atoms with van der Waals surface area (Å²) in [6.45, 7) is 3.93. The van der Waals surface area contributed by atoms with E-state index in [-0.39, 0.29) is 11.7 Å². The van der Waals surface area contributed by atoms with Gasteiger partial charge in [-0.2, -0.15) is 0 Å². The summed E-state index contributed by atoms with van der Waals surface area (Å²) >= 11 is 0. The lowest BCUT2D eigenvalue weighted by atomic mass is 10.1. The minimum absolute atomic E-state index is 0.0812. The van der Waals surface area contributed by atoms with Gasteiger partial charge in [0.25, 0.3) is 5.91 Å². The molecule has 0 spiro atoms. The van der Waals surface area contributed by atoms with Gasteiger partial charge in [-0.1, -0.05) is 5.21 Å². The van der Waals surface area contributed by atoms with Crippen molar-refractivity contribution in [2.45, 2.75) is 19.9 Å². The van der Waals surface area contributed by atoms with E-state index in [1.807, 2.05) is 38.1 Å². The third-order valence-electron chi connectivity index (χ3n) is 2.78. The molecule has 0 unspecified atom stereocenters. The lowest BCUT2D eigenvalue weighted by molar-refractivity contribution is 0.0996. The molecule has 1 aromatic carbocycles. The summed E-state index contributed by atoms with van der Waals surface area (Å²) in [6.07, 6.45) is 0. The molecule has 0 fully saturated rings. The fraction of sp³-hybridized carbons (Fsp3) is 0.308. The molecule has 2 N–H and O–H groups in total. The van der Waals surface area contributed by atoms with Crippen LogP contribution in [0.4, 0.5) is 0 Å². The van der Waals surface area contributed by atoms with Gasteiger partial charge in [0.1, 0.15) is 11.4 Å². The largest absolute Gasteiger partial charge is 0.497 e. The molecular weight excluding hydrogens is 244 g/mol. The zero-order chi connectivity index (χ0) is 14.0.